The average Bonchev–Trinajstić information content (AvgIpc) is 2.49. The molecule has 1 aliphatic rings. The Hall–Kier alpha value is -2.07. The molecule has 0 spiro atoms. The van der Waals surface area contributed by atoms with Crippen LogP contribution in [0.5, 0.6) is 0 Å². The molecule has 1 aliphatic heterocycles. The van der Waals surface area contributed by atoms with E-state index in [2.05, 4.69) is 15.6 Å². The first-order chi connectivity index (χ1) is 8.90. The zero-order valence-corrected chi connectivity index (χ0v) is 10.2. The Bertz CT molecular complexity index is 432. The second kappa shape index (κ2) is 6.61. The zero-order chi connectivity index (χ0) is 12.6. The lowest BCUT2D eigenvalue weighted by molar-refractivity contribution is 0.741. The predicted molar refractivity (Wildman–Crippen MR) is 75.6 cm³/mol. The van der Waals surface area contributed by atoms with Gasteiger partial charge in [-0.3, -0.25) is 0 Å². The van der Waals surface area contributed by atoms with Crippen molar-refractivity contribution >= 4 is 11.5 Å². The summed E-state index contributed by atoms with van der Waals surface area (Å²) in [6, 6.07) is 16.2. The van der Waals surface area contributed by atoms with E-state index in [0.29, 0.717) is 12.6 Å². The van der Waals surface area contributed by atoms with Crippen molar-refractivity contribution in [3.05, 3.63) is 54.7 Å². The van der Waals surface area contributed by atoms with Gasteiger partial charge in [0.2, 0.25) is 0 Å². The molecular weight excluding hydrogens is 224 g/mol. The van der Waals surface area contributed by atoms with Crippen LogP contribution in [0, 0.1) is 0 Å². The molecule has 0 radical (unpaired) electrons. The lowest BCUT2D eigenvalue weighted by atomic mass is 10.2. The maximum absolute atomic E-state index is 5.53. The molecule has 4 N–H and O–H groups in total. The predicted octanol–water partition coefficient (Wildman–Crippen LogP) is 1.93. The standard InChI is InChI=1S/C8H12N4.C6H6/c9-4-6-5-11-7-2-1-3-10-8(7)12-6;1-2-4-6-5-3-1/h1-3,6,11H,4-5,9H2,(H,10,12);1-6H/t6-;/m1./s1. The minimum absolute atomic E-state index is 0.299. The van der Waals surface area contributed by atoms with Gasteiger partial charge in [-0.15, -0.1) is 0 Å². The van der Waals surface area contributed by atoms with Crippen molar-refractivity contribution < 1.29 is 0 Å². The molecule has 18 heavy (non-hydrogen) atoms. The lowest BCUT2D eigenvalue weighted by Crippen LogP contribution is -2.39. The highest BCUT2D eigenvalue weighted by Crippen LogP contribution is 2.21. The Morgan fingerprint density at radius 2 is 1.78 bits per heavy atom. The number of fused-ring (bicyclic) bond motifs is 1. The van der Waals surface area contributed by atoms with Gasteiger partial charge in [0.25, 0.3) is 0 Å². The lowest BCUT2D eigenvalue weighted by Gasteiger charge is -2.25. The van der Waals surface area contributed by atoms with Crippen molar-refractivity contribution in [1.82, 2.24) is 4.98 Å². The van der Waals surface area contributed by atoms with E-state index in [4.69, 9.17) is 5.73 Å². The largest absolute Gasteiger partial charge is 0.380 e. The molecule has 1 aromatic heterocycles. The van der Waals surface area contributed by atoms with E-state index in [9.17, 15) is 0 Å². The number of rotatable bonds is 1. The Morgan fingerprint density at radius 1 is 1.11 bits per heavy atom. The highest BCUT2D eigenvalue weighted by molar-refractivity contribution is 5.66. The smallest absolute Gasteiger partial charge is 0.149 e. The molecule has 4 heteroatoms. The van der Waals surface area contributed by atoms with E-state index in [1.807, 2.05) is 48.5 Å². The van der Waals surface area contributed by atoms with E-state index in [-0.39, 0.29) is 0 Å². The molecule has 2 aromatic rings. The molecule has 0 saturated heterocycles. The van der Waals surface area contributed by atoms with Crippen LogP contribution in [-0.2, 0) is 0 Å². The molecule has 2 heterocycles. The number of nitrogens with zero attached hydrogens (tertiary/aromatic N) is 1. The van der Waals surface area contributed by atoms with Gasteiger partial charge in [0, 0.05) is 19.3 Å². The first-order valence-corrected chi connectivity index (χ1v) is 6.05. The fourth-order valence-electron chi connectivity index (χ4n) is 1.67. The summed E-state index contributed by atoms with van der Waals surface area (Å²) in [5.74, 6) is 0.902. The van der Waals surface area contributed by atoms with Gasteiger partial charge in [-0.05, 0) is 12.1 Å². The van der Waals surface area contributed by atoms with Crippen molar-refractivity contribution in [2.24, 2.45) is 5.73 Å². The molecule has 0 fully saturated rings. The summed E-state index contributed by atoms with van der Waals surface area (Å²) in [7, 11) is 0. The van der Waals surface area contributed by atoms with Gasteiger partial charge in [0.05, 0.1) is 11.7 Å². The molecule has 3 rings (SSSR count). The second-order valence-corrected chi connectivity index (χ2v) is 4.01. The van der Waals surface area contributed by atoms with Gasteiger partial charge in [-0.25, -0.2) is 4.98 Å². The molecular formula is C14H18N4. The molecule has 0 bridgehead atoms. The SMILES string of the molecule is NC[C@@H]1CNc2cccnc2N1.c1ccccc1. The molecule has 1 atom stereocenters. The average molecular weight is 242 g/mol. The number of hydrogen-bond donors (Lipinski definition) is 3. The Kier molecular flexibility index (Phi) is 4.55. The van der Waals surface area contributed by atoms with Gasteiger partial charge in [-0.2, -0.15) is 0 Å². The van der Waals surface area contributed by atoms with Crippen LogP contribution >= 0.6 is 0 Å². The first kappa shape index (κ1) is 12.4. The monoisotopic (exact) mass is 242 g/mol. The van der Waals surface area contributed by atoms with Gasteiger partial charge in [0.15, 0.2) is 0 Å². The number of nitrogens with two attached hydrogens (primary N) is 1. The Balaban J connectivity index is 0.000000169. The fourth-order valence-corrected chi connectivity index (χ4v) is 1.67. The van der Waals surface area contributed by atoms with Gasteiger partial charge >= 0.3 is 0 Å². The highest BCUT2D eigenvalue weighted by atomic mass is 15.1. The number of benzene rings is 1. The molecule has 1 aromatic carbocycles. The van der Waals surface area contributed by atoms with Crippen molar-refractivity contribution in [2.75, 3.05) is 23.7 Å². The van der Waals surface area contributed by atoms with Gasteiger partial charge in [-0.1, -0.05) is 36.4 Å². The van der Waals surface area contributed by atoms with Crippen LogP contribution in [0.1, 0.15) is 0 Å². The summed E-state index contributed by atoms with van der Waals surface area (Å²) in [4.78, 5) is 4.19. The number of anilines is 2. The van der Waals surface area contributed by atoms with Crippen molar-refractivity contribution in [3.63, 3.8) is 0 Å². The Labute approximate surface area is 107 Å². The summed E-state index contributed by atoms with van der Waals surface area (Å²) >= 11 is 0. The first-order valence-electron chi connectivity index (χ1n) is 6.05. The van der Waals surface area contributed by atoms with Crippen LogP contribution in [0.2, 0.25) is 0 Å². The van der Waals surface area contributed by atoms with E-state index in [0.717, 1.165) is 18.1 Å². The van der Waals surface area contributed by atoms with Crippen LogP contribution in [0.15, 0.2) is 54.7 Å². The Morgan fingerprint density at radius 3 is 2.39 bits per heavy atom. The summed E-state index contributed by atoms with van der Waals surface area (Å²) in [5.41, 5.74) is 6.59. The molecule has 0 amide bonds. The molecule has 0 aliphatic carbocycles. The number of pyridine rings is 1. The number of hydrogen-bond acceptors (Lipinski definition) is 4. The third-order valence-corrected chi connectivity index (χ3v) is 2.64. The van der Waals surface area contributed by atoms with Crippen molar-refractivity contribution in [1.29, 1.82) is 0 Å². The summed E-state index contributed by atoms with van der Waals surface area (Å²) < 4.78 is 0. The summed E-state index contributed by atoms with van der Waals surface area (Å²) in [6.07, 6.45) is 1.77. The summed E-state index contributed by atoms with van der Waals surface area (Å²) in [6.45, 7) is 1.50. The van der Waals surface area contributed by atoms with E-state index in [1.54, 1.807) is 6.20 Å². The van der Waals surface area contributed by atoms with Crippen molar-refractivity contribution in [3.8, 4) is 0 Å². The van der Waals surface area contributed by atoms with Gasteiger partial charge in [0.1, 0.15) is 5.82 Å². The zero-order valence-electron chi connectivity index (χ0n) is 10.2. The fraction of sp³-hybridized carbons (Fsp3) is 0.214. The molecule has 0 unspecified atom stereocenters. The minimum Gasteiger partial charge on any atom is -0.380 e. The topological polar surface area (TPSA) is 63.0 Å². The van der Waals surface area contributed by atoms with E-state index in [1.165, 1.54) is 0 Å². The minimum atomic E-state index is 0.299. The normalized spacial score (nSPS) is 16.4. The van der Waals surface area contributed by atoms with Crippen LogP contribution in [0.4, 0.5) is 11.5 Å². The molecule has 94 valence electrons. The third kappa shape index (κ3) is 3.46. The van der Waals surface area contributed by atoms with Crippen molar-refractivity contribution in [2.45, 2.75) is 6.04 Å². The van der Waals surface area contributed by atoms with E-state index >= 15 is 0 Å². The quantitative estimate of drug-likeness (QED) is 0.715. The maximum atomic E-state index is 5.53. The van der Waals surface area contributed by atoms with Crippen LogP contribution < -0.4 is 16.4 Å². The van der Waals surface area contributed by atoms with Crippen LogP contribution in [0.25, 0.3) is 0 Å². The number of aromatic nitrogens is 1. The maximum Gasteiger partial charge on any atom is 0.149 e. The number of nitrogens with one attached hydrogen (secondary N) is 2. The second-order valence-electron chi connectivity index (χ2n) is 4.01. The molecule has 0 saturated carbocycles. The molecule has 4 nitrogen and oxygen atoms in total. The van der Waals surface area contributed by atoms with Gasteiger partial charge < -0.3 is 16.4 Å². The summed E-state index contributed by atoms with van der Waals surface area (Å²) in [5, 5.41) is 6.51. The van der Waals surface area contributed by atoms with Crippen LogP contribution in [-0.4, -0.2) is 24.1 Å². The van der Waals surface area contributed by atoms with Crippen LogP contribution in [0.3, 0.4) is 0 Å². The third-order valence-electron chi connectivity index (χ3n) is 2.64. The van der Waals surface area contributed by atoms with E-state index < -0.39 is 0 Å². The highest BCUT2D eigenvalue weighted by Gasteiger charge is 2.15.